The highest BCUT2D eigenvalue weighted by Gasteiger charge is 2.32. The fourth-order valence-corrected chi connectivity index (χ4v) is 7.12. The second-order valence-electron chi connectivity index (χ2n) is 14.9. The number of fused-ring (bicyclic) bond motifs is 1. The molecule has 6 rings (SSSR count). The molecular weight excluding hydrogens is 807 g/mol. The number of aryl methyl sites for hydroxylation is 2. The van der Waals surface area contributed by atoms with E-state index in [0.717, 1.165) is 55.3 Å². The molecule has 0 radical (unpaired) electrons. The van der Waals surface area contributed by atoms with E-state index in [1.807, 2.05) is 29.2 Å². The third kappa shape index (κ3) is 11.6. The van der Waals surface area contributed by atoms with Crippen LogP contribution in [0, 0.1) is 11.6 Å². The number of hydrogen-bond acceptors (Lipinski definition) is 8. The summed E-state index contributed by atoms with van der Waals surface area (Å²) in [5.41, 5.74) is 2.25. The number of aromatic nitrogens is 2. The fourth-order valence-electron chi connectivity index (χ4n) is 7.12. The highest BCUT2D eigenvalue weighted by Crippen LogP contribution is 2.31. The third-order valence-corrected chi connectivity index (χ3v) is 10.6. The number of rotatable bonds is 13. The number of hydrogen-bond donors (Lipinski definition) is 4. The van der Waals surface area contributed by atoms with Crippen LogP contribution in [-0.2, 0) is 46.5 Å². The molecule has 3 heterocycles. The molecule has 0 spiro atoms. The fraction of sp³-hybridized carbons (Fsp3) is 0.341. The van der Waals surface area contributed by atoms with Gasteiger partial charge in [0.2, 0.25) is 5.91 Å². The number of nitrogens with zero attached hydrogens (tertiary/aromatic N) is 4. The lowest BCUT2D eigenvalue weighted by molar-refractivity contribution is -0.165. The topological polar surface area (TPSA) is 173 Å². The van der Waals surface area contributed by atoms with Crippen molar-refractivity contribution in [2.24, 2.45) is 0 Å². The summed E-state index contributed by atoms with van der Waals surface area (Å²) in [7, 11) is 0. The second kappa shape index (κ2) is 20.0. The van der Waals surface area contributed by atoms with Crippen LogP contribution in [0.25, 0.3) is 22.2 Å². The number of aliphatic hydroxyl groups excluding tert-OH is 2. The molecule has 2 aromatic heterocycles. The quantitative estimate of drug-likeness (QED) is 0.104. The maximum absolute atomic E-state index is 14.6. The Kier molecular flexibility index (Phi) is 15.1. The first-order chi connectivity index (χ1) is 28.8. The van der Waals surface area contributed by atoms with Crippen LogP contribution in [0.1, 0.15) is 49.1 Å². The van der Waals surface area contributed by atoms with E-state index in [2.05, 4.69) is 23.7 Å². The summed E-state index contributed by atoms with van der Waals surface area (Å²) in [5.74, 6) is -5.61. The highest BCUT2D eigenvalue weighted by molar-refractivity contribution is 5.83. The van der Waals surface area contributed by atoms with Crippen LogP contribution in [0.3, 0.4) is 0 Å². The average molecular weight is 853 g/mol. The van der Waals surface area contributed by atoms with Gasteiger partial charge in [0.25, 0.3) is 0 Å². The summed E-state index contributed by atoms with van der Waals surface area (Å²) in [6, 6.07) is 21.5. The van der Waals surface area contributed by atoms with Crippen LogP contribution in [0.5, 0.6) is 0 Å². The summed E-state index contributed by atoms with van der Waals surface area (Å²) in [4.78, 5) is 55.9. The van der Waals surface area contributed by atoms with Crippen molar-refractivity contribution in [1.29, 1.82) is 0 Å². The smallest absolute Gasteiger partial charge is 0.416 e. The van der Waals surface area contributed by atoms with Gasteiger partial charge in [0.15, 0.2) is 29.3 Å². The van der Waals surface area contributed by atoms with Crippen molar-refractivity contribution >= 4 is 28.9 Å². The van der Waals surface area contributed by atoms with Gasteiger partial charge in [0.1, 0.15) is 12.2 Å². The SMILES string of the molecule is CC(C)N1CCC(N(Cc2ccc(-c3ccc(C(F)(F)F)cc3)cc2)C(=O)Cn2c(CCc3cccc(F)c3F)cc(=O)c3cccnc32)CC1.O=C(O)C(O)C(O)C(=O)O. The summed E-state index contributed by atoms with van der Waals surface area (Å²) >= 11 is 0. The van der Waals surface area contributed by atoms with E-state index in [4.69, 9.17) is 20.4 Å². The largest absolute Gasteiger partial charge is 0.479 e. The molecule has 1 aliphatic rings. The number of aliphatic carboxylic acids is 2. The molecule has 12 nitrogen and oxygen atoms in total. The van der Waals surface area contributed by atoms with E-state index >= 15 is 0 Å². The zero-order valence-corrected chi connectivity index (χ0v) is 33.2. The maximum atomic E-state index is 14.6. The third-order valence-electron chi connectivity index (χ3n) is 10.6. The van der Waals surface area contributed by atoms with E-state index in [9.17, 15) is 41.1 Å². The lowest BCUT2D eigenvalue weighted by atomic mass is 9.99. The van der Waals surface area contributed by atoms with Crippen molar-refractivity contribution < 1.29 is 56.8 Å². The van der Waals surface area contributed by atoms with Crippen molar-refractivity contribution in [3.8, 4) is 11.1 Å². The molecule has 17 heteroatoms. The van der Waals surface area contributed by atoms with Crippen molar-refractivity contribution in [2.75, 3.05) is 13.1 Å². The van der Waals surface area contributed by atoms with Crippen molar-refractivity contribution in [3.63, 3.8) is 0 Å². The summed E-state index contributed by atoms with van der Waals surface area (Å²) in [5, 5.41) is 32.9. The number of carbonyl (C=O) groups is 3. The summed E-state index contributed by atoms with van der Waals surface area (Å²) < 4.78 is 69.5. The molecule has 0 saturated carbocycles. The molecule has 1 amide bonds. The standard InChI is InChI=1S/C40H39F5N4O2.C4H6O6/c1-26(2)47-21-18-32(19-22-47)48(24-27-8-10-28(11-9-27)29-12-15-31(16-13-29)40(43,44)45)37(51)25-49-33(17-14-30-5-3-7-35(41)38(30)42)23-36(50)34-6-4-20-46-39(34)49;5-1(3(7)8)2(6)4(9)10/h3-13,15-16,20,23,26,32H,14,17-19,21-22,24-25H2,1-2H3;1-2,5-6H,(H,7,8)(H,9,10). The van der Waals surface area contributed by atoms with Gasteiger partial charge in [-0.3, -0.25) is 9.59 Å². The molecule has 2 atom stereocenters. The molecule has 1 fully saturated rings. The molecule has 5 aromatic rings. The molecule has 4 N–H and O–H groups in total. The van der Waals surface area contributed by atoms with Crippen LogP contribution in [0.2, 0.25) is 0 Å². The number of pyridine rings is 2. The Morgan fingerprint density at radius 1 is 0.836 bits per heavy atom. The van der Waals surface area contributed by atoms with Crippen LogP contribution in [-0.4, -0.2) is 95.0 Å². The molecule has 0 aliphatic carbocycles. The number of alkyl halides is 3. The number of aliphatic hydroxyl groups is 2. The first kappa shape index (κ1) is 46.0. The zero-order valence-electron chi connectivity index (χ0n) is 33.2. The van der Waals surface area contributed by atoms with Crippen LogP contribution < -0.4 is 5.43 Å². The van der Waals surface area contributed by atoms with Crippen LogP contribution in [0.15, 0.2) is 95.9 Å². The summed E-state index contributed by atoms with van der Waals surface area (Å²) in [6.07, 6.45) is -5.58. The van der Waals surface area contributed by atoms with E-state index in [1.165, 1.54) is 30.3 Å². The van der Waals surface area contributed by atoms with Gasteiger partial charge in [-0.2, -0.15) is 13.2 Å². The number of halogens is 5. The van der Waals surface area contributed by atoms with Gasteiger partial charge in [-0.15, -0.1) is 0 Å². The average Bonchev–Trinajstić information content (AvgIpc) is 3.24. The monoisotopic (exact) mass is 852 g/mol. The number of carboxylic acid groups (broad SMARTS) is 2. The first-order valence-electron chi connectivity index (χ1n) is 19.4. The molecule has 2 unspecified atom stereocenters. The minimum absolute atomic E-state index is 0.0643. The molecule has 1 saturated heterocycles. The Labute approximate surface area is 347 Å². The normalized spacial score (nSPS) is 14.6. The van der Waals surface area contributed by atoms with Gasteiger partial charge >= 0.3 is 18.1 Å². The van der Waals surface area contributed by atoms with Crippen LogP contribution >= 0.6 is 0 Å². The Balaban J connectivity index is 0.000000626. The minimum atomic E-state index is -4.42. The number of amides is 1. The number of benzene rings is 3. The van der Waals surface area contributed by atoms with Gasteiger partial charge in [0, 0.05) is 49.7 Å². The molecule has 0 bridgehead atoms. The first-order valence-corrected chi connectivity index (χ1v) is 19.4. The molecular formula is C44H45F5N4O8. The van der Waals surface area contributed by atoms with Gasteiger partial charge in [-0.25, -0.2) is 23.4 Å². The second-order valence-corrected chi connectivity index (χ2v) is 14.9. The lowest BCUT2D eigenvalue weighted by Crippen LogP contribution is -2.49. The van der Waals surface area contributed by atoms with E-state index in [-0.39, 0.29) is 42.3 Å². The lowest BCUT2D eigenvalue weighted by Gasteiger charge is -2.40. The van der Waals surface area contributed by atoms with E-state index in [1.54, 1.807) is 22.9 Å². The van der Waals surface area contributed by atoms with Crippen LogP contribution in [0.4, 0.5) is 22.0 Å². The number of carbonyl (C=O) groups excluding carboxylic acids is 1. The predicted octanol–water partition coefficient (Wildman–Crippen LogP) is 5.92. The van der Waals surface area contributed by atoms with Gasteiger partial charge in [-0.1, -0.05) is 48.5 Å². The Morgan fingerprint density at radius 2 is 1.43 bits per heavy atom. The van der Waals surface area contributed by atoms with Gasteiger partial charge in [-0.05, 0) is 92.1 Å². The maximum Gasteiger partial charge on any atom is 0.416 e. The Morgan fingerprint density at radius 3 is 1.98 bits per heavy atom. The highest BCUT2D eigenvalue weighted by atomic mass is 19.4. The summed E-state index contributed by atoms with van der Waals surface area (Å²) in [6.45, 7) is 6.12. The van der Waals surface area contributed by atoms with Crippen molar-refractivity contribution in [2.45, 2.75) is 83.1 Å². The number of piperidine rings is 1. The van der Waals surface area contributed by atoms with Gasteiger partial charge in [0.05, 0.1) is 10.9 Å². The van der Waals surface area contributed by atoms with Crippen molar-refractivity contribution in [3.05, 3.63) is 135 Å². The molecule has 324 valence electrons. The predicted molar refractivity (Wildman–Crippen MR) is 214 cm³/mol. The molecule has 61 heavy (non-hydrogen) atoms. The zero-order chi connectivity index (χ0) is 44.6. The number of likely N-dealkylation sites (tertiary alicyclic amines) is 1. The van der Waals surface area contributed by atoms with E-state index < -0.39 is 47.5 Å². The van der Waals surface area contributed by atoms with Crippen molar-refractivity contribution in [1.82, 2.24) is 19.4 Å². The minimum Gasteiger partial charge on any atom is -0.479 e. The molecule has 3 aromatic carbocycles. The van der Waals surface area contributed by atoms with Gasteiger partial charge < -0.3 is 34.8 Å². The molecule has 1 aliphatic heterocycles. The Bertz CT molecular complexity index is 2360. The van der Waals surface area contributed by atoms with E-state index in [0.29, 0.717) is 34.9 Å². The Hall–Kier alpha value is -6.04. The number of carboxylic acids is 2.